The number of nitriles is 1. The molecule has 0 heterocycles. The molecular weight excluding hydrogens is 452 g/mol. The zero-order chi connectivity index (χ0) is 21.4. The zero-order valence-corrected chi connectivity index (χ0v) is 16.8. The minimum atomic E-state index is -1.10. The number of halogens is 3. The second-order valence-electron chi connectivity index (χ2n) is 5.57. The van der Waals surface area contributed by atoms with Crippen molar-refractivity contribution in [2.24, 2.45) is 0 Å². The lowest BCUT2D eigenvalue weighted by Gasteiger charge is -2.14. The standard InChI is InChI=1S/C19H16BrF2N3O4/c1-2-28-16-6-11(8-23)5-13(20)19(16)29-10-18(27)24-9-17(26)25-12-3-4-14(21)15(22)7-12/h3-7H,2,9-10H2,1H3,(H,24,27)(H,25,26). The summed E-state index contributed by atoms with van der Waals surface area (Å²) in [5.41, 5.74) is 0.410. The minimum Gasteiger partial charge on any atom is -0.490 e. The second-order valence-corrected chi connectivity index (χ2v) is 6.43. The first-order chi connectivity index (χ1) is 13.8. The maximum absolute atomic E-state index is 13.1. The van der Waals surface area contributed by atoms with E-state index in [1.165, 1.54) is 18.2 Å². The van der Waals surface area contributed by atoms with Gasteiger partial charge in [0.2, 0.25) is 5.91 Å². The molecule has 0 aliphatic rings. The highest BCUT2D eigenvalue weighted by Gasteiger charge is 2.15. The highest BCUT2D eigenvalue weighted by molar-refractivity contribution is 9.10. The van der Waals surface area contributed by atoms with Crippen molar-refractivity contribution in [3.63, 3.8) is 0 Å². The fourth-order valence-electron chi connectivity index (χ4n) is 2.18. The Hall–Kier alpha value is -3.19. The van der Waals surface area contributed by atoms with Crippen LogP contribution < -0.4 is 20.1 Å². The number of carbonyl (C=O) groups is 2. The lowest BCUT2D eigenvalue weighted by Crippen LogP contribution is -2.35. The first-order valence-electron chi connectivity index (χ1n) is 8.34. The molecule has 29 heavy (non-hydrogen) atoms. The van der Waals surface area contributed by atoms with Crippen LogP contribution in [0.15, 0.2) is 34.8 Å². The summed E-state index contributed by atoms with van der Waals surface area (Å²) in [4.78, 5) is 23.8. The predicted octanol–water partition coefficient (Wildman–Crippen LogP) is 3.13. The number of carbonyl (C=O) groups excluding carboxylic acids is 2. The van der Waals surface area contributed by atoms with Crippen molar-refractivity contribution >= 4 is 33.4 Å². The van der Waals surface area contributed by atoms with Crippen LogP contribution in [-0.4, -0.2) is 31.6 Å². The summed E-state index contributed by atoms with van der Waals surface area (Å²) in [5, 5.41) is 13.7. The molecule has 0 unspecified atom stereocenters. The largest absolute Gasteiger partial charge is 0.490 e. The fraction of sp³-hybridized carbons (Fsp3) is 0.211. The molecular formula is C19H16BrF2N3O4. The Bertz CT molecular complexity index is 963. The average Bonchev–Trinajstić information content (AvgIpc) is 2.68. The maximum Gasteiger partial charge on any atom is 0.258 e. The number of amides is 2. The molecule has 0 aliphatic heterocycles. The summed E-state index contributed by atoms with van der Waals surface area (Å²) < 4.78 is 37.3. The number of hydrogen-bond acceptors (Lipinski definition) is 5. The summed E-state index contributed by atoms with van der Waals surface area (Å²) in [5.74, 6) is -2.82. The van der Waals surface area contributed by atoms with Gasteiger partial charge in [-0.1, -0.05) is 0 Å². The van der Waals surface area contributed by atoms with E-state index < -0.39 is 36.6 Å². The number of nitrogens with one attached hydrogen (secondary N) is 2. The van der Waals surface area contributed by atoms with Crippen LogP contribution in [0.4, 0.5) is 14.5 Å². The molecule has 0 radical (unpaired) electrons. The number of benzene rings is 2. The van der Waals surface area contributed by atoms with Gasteiger partial charge in [-0.3, -0.25) is 9.59 Å². The van der Waals surface area contributed by atoms with E-state index in [9.17, 15) is 18.4 Å². The Kier molecular flexibility index (Phi) is 7.91. The molecule has 0 saturated heterocycles. The number of anilines is 1. The van der Waals surface area contributed by atoms with Crippen molar-refractivity contribution in [3.05, 3.63) is 52.0 Å². The third-order valence-corrected chi connectivity index (χ3v) is 4.02. The van der Waals surface area contributed by atoms with Gasteiger partial charge < -0.3 is 20.1 Å². The Morgan fingerprint density at radius 1 is 1.14 bits per heavy atom. The van der Waals surface area contributed by atoms with Gasteiger partial charge in [0.1, 0.15) is 0 Å². The maximum atomic E-state index is 13.1. The number of nitrogens with zero attached hydrogens (tertiary/aromatic N) is 1. The molecule has 0 saturated carbocycles. The lowest BCUT2D eigenvalue weighted by atomic mass is 10.2. The molecule has 0 bridgehead atoms. The Balaban J connectivity index is 1.89. The quantitative estimate of drug-likeness (QED) is 0.620. The second kappa shape index (κ2) is 10.4. The average molecular weight is 468 g/mol. The summed E-state index contributed by atoms with van der Waals surface area (Å²) >= 11 is 3.26. The van der Waals surface area contributed by atoms with E-state index in [1.807, 2.05) is 6.07 Å². The minimum absolute atomic E-state index is 0.0577. The third kappa shape index (κ3) is 6.43. The normalized spacial score (nSPS) is 10.0. The lowest BCUT2D eigenvalue weighted by molar-refractivity contribution is -0.125. The van der Waals surface area contributed by atoms with E-state index in [-0.39, 0.29) is 11.4 Å². The van der Waals surface area contributed by atoms with Crippen molar-refractivity contribution in [1.29, 1.82) is 5.26 Å². The SMILES string of the molecule is CCOc1cc(C#N)cc(Br)c1OCC(=O)NCC(=O)Nc1ccc(F)c(F)c1. The van der Waals surface area contributed by atoms with Crippen molar-refractivity contribution < 1.29 is 27.8 Å². The van der Waals surface area contributed by atoms with Crippen molar-refractivity contribution in [2.45, 2.75) is 6.92 Å². The molecule has 2 rings (SSSR count). The number of rotatable bonds is 8. The van der Waals surface area contributed by atoms with E-state index >= 15 is 0 Å². The Morgan fingerprint density at radius 3 is 2.55 bits per heavy atom. The Labute approximate surface area is 173 Å². The molecule has 0 atom stereocenters. The fourth-order valence-corrected chi connectivity index (χ4v) is 2.74. The van der Waals surface area contributed by atoms with Gasteiger partial charge in [-0.05, 0) is 41.1 Å². The summed E-state index contributed by atoms with van der Waals surface area (Å²) in [6, 6.07) is 7.89. The number of hydrogen-bond donors (Lipinski definition) is 2. The first kappa shape index (κ1) is 22.1. The molecule has 0 spiro atoms. The molecule has 2 N–H and O–H groups in total. The smallest absolute Gasteiger partial charge is 0.258 e. The molecule has 2 aromatic carbocycles. The zero-order valence-electron chi connectivity index (χ0n) is 15.2. The molecule has 0 aromatic heterocycles. The molecule has 2 amide bonds. The van der Waals surface area contributed by atoms with Gasteiger partial charge in [-0.2, -0.15) is 5.26 Å². The highest BCUT2D eigenvalue weighted by atomic mass is 79.9. The van der Waals surface area contributed by atoms with Crippen molar-refractivity contribution in [2.75, 3.05) is 25.1 Å². The van der Waals surface area contributed by atoms with E-state index in [0.717, 1.165) is 12.1 Å². The molecule has 0 fully saturated rings. The van der Waals surface area contributed by atoms with Crippen LogP contribution in [-0.2, 0) is 9.59 Å². The van der Waals surface area contributed by atoms with Gasteiger partial charge in [0.05, 0.1) is 29.3 Å². The monoisotopic (exact) mass is 467 g/mol. The molecule has 10 heteroatoms. The first-order valence-corrected chi connectivity index (χ1v) is 9.14. The predicted molar refractivity (Wildman–Crippen MR) is 104 cm³/mol. The topological polar surface area (TPSA) is 100 Å². The van der Waals surface area contributed by atoms with Crippen LogP contribution in [0.3, 0.4) is 0 Å². The molecule has 0 aliphatic carbocycles. The van der Waals surface area contributed by atoms with Crippen LogP contribution in [0.2, 0.25) is 0 Å². The highest BCUT2D eigenvalue weighted by Crippen LogP contribution is 2.36. The van der Waals surface area contributed by atoms with E-state index in [2.05, 4.69) is 26.6 Å². The molecule has 2 aromatic rings. The van der Waals surface area contributed by atoms with Gasteiger partial charge >= 0.3 is 0 Å². The van der Waals surface area contributed by atoms with Gasteiger partial charge in [-0.25, -0.2) is 8.78 Å². The third-order valence-electron chi connectivity index (χ3n) is 3.44. The van der Waals surface area contributed by atoms with Gasteiger partial charge in [-0.15, -0.1) is 0 Å². The van der Waals surface area contributed by atoms with E-state index in [1.54, 1.807) is 6.92 Å². The molecule has 7 nitrogen and oxygen atoms in total. The van der Waals surface area contributed by atoms with Crippen LogP contribution in [0, 0.1) is 23.0 Å². The van der Waals surface area contributed by atoms with Crippen LogP contribution >= 0.6 is 15.9 Å². The van der Waals surface area contributed by atoms with Gasteiger partial charge in [0.25, 0.3) is 5.91 Å². The molecule has 152 valence electrons. The summed E-state index contributed by atoms with van der Waals surface area (Å²) in [7, 11) is 0. The van der Waals surface area contributed by atoms with Crippen LogP contribution in [0.5, 0.6) is 11.5 Å². The van der Waals surface area contributed by atoms with E-state index in [0.29, 0.717) is 22.4 Å². The van der Waals surface area contributed by atoms with Crippen LogP contribution in [0.1, 0.15) is 12.5 Å². The summed E-state index contributed by atoms with van der Waals surface area (Å²) in [6.07, 6.45) is 0. The Morgan fingerprint density at radius 2 is 1.90 bits per heavy atom. The number of ether oxygens (including phenoxy) is 2. The van der Waals surface area contributed by atoms with Gasteiger partial charge in [0.15, 0.2) is 29.7 Å². The van der Waals surface area contributed by atoms with Crippen molar-refractivity contribution in [3.8, 4) is 17.6 Å². The van der Waals surface area contributed by atoms with E-state index in [4.69, 9.17) is 14.7 Å². The summed E-state index contributed by atoms with van der Waals surface area (Å²) in [6.45, 7) is 1.28. The van der Waals surface area contributed by atoms with Gasteiger partial charge in [0, 0.05) is 17.8 Å². The van der Waals surface area contributed by atoms with Crippen LogP contribution in [0.25, 0.3) is 0 Å². The van der Waals surface area contributed by atoms with Crippen molar-refractivity contribution in [1.82, 2.24) is 5.32 Å².